The molecule has 2 atom stereocenters. The number of piperidine rings is 1. The van der Waals surface area contributed by atoms with E-state index in [1.807, 2.05) is 30.3 Å². The zero-order valence-corrected chi connectivity index (χ0v) is 10.7. The fraction of sp³-hybridized carbons (Fsp3) is 0.429. The summed E-state index contributed by atoms with van der Waals surface area (Å²) in [5.74, 6) is -0.0627. The summed E-state index contributed by atoms with van der Waals surface area (Å²) in [6, 6.07) is 9.58. The molecule has 1 fully saturated rings. The van der Waals surface area contributed by atoms with Crippen LogP contribution in [0.2, 0.25) is 0 Å². The van der Waals surface area contributed by atoms with Gasteiger partial charge in [-0.1, -0.05) is 30.3 Å². The summed E-state index contributed by atoms with van der Waals surface area (Å²) in [7, 11) is 3.41. The van der Waals surface area contributed by atoms with Crippen molar-refractivity contribution in [3.05, 3.63) is 35.9 Å². The lowest BCUT2D eigenvalue weighted by Crippen LogP contribution is -2.45. The van der Waals surface area contributed by atoms with Crippen LogP contribution in [0.3, 0.4) is 0 Å². The van der Waals surface area contributed by atoms with Crippen molar-refractivity contribution in [3.63, 3.8) is 0 Å². The molecule has 0 radical (unpaired) electrons. The zero-order valence-electron chi connectivity index (χ0n) is 10.7. The molecule has 4 heteroatoms. The molecule has 1 aliphatic rings. The van der Waals surface area contributed by atoms with E-state index in [9.17, 15) is 9.59 Å². The molecule has 1 heterocycles. The molecular formula is C14H18N2O2. The maximum atomic E-state index is 12.0. The second kappa shape index (κ2) is 5.21. The number of carbonyl (C=O) groups excluding carboxylic acids is 2. The second-order valence-corrected chi connectivity index (χ2v) is 4.62. The monoisotopic (exact) mass is 246 g/mol. The fourth-order valence-electron chi connectivity index (χ4n) is 2.60. The molecule has 0 aromatic heterocycles. The molecule has 0 spiro atoms. The molecule has 1 saturated heterocycles. The third kappa shape index (κ3) is 2.23. The van der Waals surface area contributed by atoms with E-state index in [-0.39, 0.29) is 23.8 Å². The van der Waals surface area contributed by atoms with Gasteiger partial charge in [0, 0.05) is 20.5 Å². The van der Waals surface area contributed by atoms with Crippen molar-refractivity contribution in [2.75, 3.05) is 14.1 Å². The Kier molecular flexibility index (Phi) is 3.65. The molecule has 18 heavy (non-hydrogen) atoms. The first-order valence-electron chi connectivity index (χ1n) is 6.17. The van der Waals surface area contributed by atoms with Gasteiger partial charge in [-0.25, -0.2) is 0 Å². The number of nitrogens with one attached hydrogen (secondary N) is 1. The lowest BCUT2D eigenvalue weighted by molar-refractivity contribution is -0.141. The maximum Gasteiger partial charge on any atom is 0.225 e. The first-order chi connectivity index (χ1) is 8.65. The standard InChI is InChI=1S/C14H18N2O2/c1-15-14(18)11-8-9-12(17)16(2)13(11)10-6-4-3-5-7-10/h3-7,11,13H,8-9H2,1-2H3,(H,15,18)/t11-,13-/m0/s1. The van der Waals surface area contributed by atoms with Crippen LogP contribution in [0.4, 0.5) is 0 Å². The maximum absolute atomic E-state index is 12.0. The highest BCUT2D eigenvalue weighted by atomic mass is 16.2. The molecule has 0 aliphatic carbocycles. The third-order valence-corrected chi connectivity index (χ3v) is 3.59. The van der Waals surface area contributed by atoms with E-state index in [1.165, 1.54) is 0 Å². The predicted molar refractivity (Wildman–Crippen MR) is 68.7 cm³/mol. The Labute approximate surface area is 107 Å². The number of amides is 2. The summed E-state index contributed by atoms with van der Waals surface area (Å²) in [4.78, 5) is 25.5. The molecule has 1 aliphatic heterocycles. The number of likely N-dealkylation sites (tertiary alicyclic amines) is 1. The molecule has 0 unspecified atom stereocenters. The molecule has 2 amide bonds. The first kappa shape index (κ1) is 12.6. The van der Waals surface area contributed by atoms with Gasteiger partial charge in [-0.05, 0) is 12.0 Å². The molecule has 1 aromatic rings. The summed E-state index contributed by atoms with van der Waals surface area (Å²) < 4.78 is 0. The lowest BCUT2D eigenvalue weighted by atomic mass is 9.84. The molecular weight excluding hydrogens is 228 g/mol. The van der Waals surface area contributed by atoms with E-state index in [4.69, 9.17) is 0 Å². The minimum absolute atomic E-state index is 0.00297. The highest BCUT2D eigenvalue weighted by molar-refractivity contribution is 5.84. The van der Waals surface area contributed by atoms with Crippen molar-refractivity contribution >= 4 is 11.8 Å². The molecule has 1 N–H and O–H groups in total. The van der Waals surface area contributed by atoms with Crippen LogP contribution in [0, 0.1) is 5.92 Å². The number of benzene rings is 1. The van der Waals surface area contributed by atoms with Crippen molar-refractivity contribution < 1.29 is 9.59 Å². The third-order valence-electron chi connectivity index (χ3n) is 3.59. The Morgan fingerprint density at radius 1 is 1.33 bits per heavy atom. The minimum atomic E-state index is -0.167. The van der Waals surface area contributed by atoms with Gasteiger partial charge in [0.25, 0.3) is 0 Å². The highest BCUT2D eigenvalue weighted by Gasteiger charge is 2.38. The van der Waals surface area contributed by atoms with Gasteiger partial charge < -0.3 is 10.2 Å². The van der Waals surface area contributed by atoms with E-state index >= 15 is 0 Å². The quantitative estimate of drug-likeness (QED) is 0.856. The van der Waals surface area contributed by atoms with Crippen molar-refractivity contribution in [2.24, 2.45) is 5.92 Å². The van der Waals surface area contributed by atoms with Crippen LogP contribution in [0.25, 0.3) is 0 Å². The number of hydrogen-bond acceptors (Lipinski definition) is 2. The van der Waals surface area contributed by atoms with Crippen LogP contribution in [0.1, 0.15) is 24.4 Å². The molecule has 0 saturated carbocycles. The number of hydrogen-bond donors (Lipinski definition) is 1. The van der Waals surface area contributed by atoms with Gasteiger partial charge in [0.1, 0.15) is 0 Å². The normalized spacial score (nSPS) is 23.9. The van der Waals surface area contributed by atoms with Crippen LogP contribution in [-0.4, -0.2) is 30.8 Å². The summed E-state index contributed by atoms with van der Waals surface area (Å²) in [6.07, 6.45) is 1.06. The van der Waals surface area contributed by atoms with Gasteiger partial charge in [-0.3, -0.25) is 9.59 Å². The summed E-state index contributed by atoms with van der Waals surface area (Å²) >= 11 is 0. The van der Waals surface area contributed by atoms with E-state index in [0.717, 1.165) is 5.56 Å². The Morgan fingerprint density at radius 3 is 2.61 bits per heavy atom. The Balaban J connectivity index is 2.35. The van der Waals surface area contributed by atoms with Crippen LogP contribution >= 0.6 is 0 Å². The minimum Gasteiger partial charge on any atom is -0.359 e. The van der Waals surface area contributed by atoms with Crippen molar-refractivity contribution in [3.8, 4) is 0 Å². The molecule has 96 valence electrons. The van der Waals surface area contributed by atoms with E-state index in [2.05, 4.69) is 5.32 Å². The average Bonchev–Trinajstić information content (AvgIpc) is 2.41. The molecule has 1 aromatic carbocycles. The Hall–Kier alpha value is -1.84. The van der Waals surface area contributed by atoms with Crippen molar-refractivity contribution in [1.82, 2.24) is 10.2 Å². The van der Waals surface area contributed by atoms with Gasteiger partial charge in [-0.15, -0.1) is 0 Å². The fourth-order valence-corrected chi connectivity index (χ4v) is 2.60. The van der Waals surface area contributed by atoms with Gasteiger partial charge in [0.15, 0.2) is 0 Å². The molecule has 0 bridgehead atoms. The summed E-state index contributed by atoms with van der Waals surface area (Å²) in [5, 5.41) is 2.69. The smallest absolute Gasteiger partial charge is 0.225 e. The SMILES string of the molecule is CNC(=O)[C@H]1CCC(=O)N(C)[C@H]1c1ccccc1. The summed E-state index contributed by atoms with van der Waals surface area (Å²) in [6.45, 7) is 0. The van der Waals surface area contributed by atoms with Crippen LogP contribution in [0.15, 0.2) is 30.3 Å². The summed E-state index contributed by atoms with van der Waals surface area (Å²) in [5.41, 5.74) is 1.02. The Bertz CT molecular complexity index is 444. The lowest BCUT2D eigenvalue weighted by Gasteiger charge is -2.38. The van der Waals surface area contributed by atoms with Crippen LogP contribution in [-0.2, 0) is 9.59 Å². The van der Waals surface area contributed by atoms with Gasteiger partial charge in [0.05, 0.1) is 12.0 Å². The first-order valence-corrected chi connectivity index (χ1v) is 6.17. The predicted octanol–water partition coefficient (Wildman–Crippen LogP) is 1.34. The van der Waals surface area contributed by atoms with E-state index in [0.29, 0.717) is 12.8 Å². The highest BCUT2D eigenvalue weighted by Crippen LogP contribution is 2.35. The zero-order chi connectivity index (χ0) is 13.1. The Morgan fingerprint density at radius 2 is 2.00 bits per heavy atom. The van der Waals surface area contributed by atoms with Crippen molar-refractivity contribution in [2.45, 2.75) is 18.9 Å². The molecule has 4 nitrogen and oxygen atoms in total. The topological polar surface area (TPSA) is 49.4 Å². The second-order valence-electron chi connectivity index (χ2n) is 4.62. The van der Waals surface area contributed by atoms with Gasteiger partial charge >= 0.3 is 0 Å². The number of nitrogens with zero attached hydrogens (tertiary/aromatic N) is 1. The van der Waals surface area contributed by atoms with Crippen LogP contribution in [0.5, 0.6) is 0 Å². The van der Waals surface area contributed by atoms with E-state index in [1.54, 1.807) is 19.0 Å². The van der Waals surface area contributed by atoms with Gasteiger partial charge in [-0.2, -0.15) is 0 Å². The largest absolute Gasteiger partial charge is 0.359 e. The van der Waals surface area contributed by atoms with Crippen molar-refractivity contribution in [1.29, 1.82) is 0 Å². The number of carbonyl (C=O) groups is 2. The van der Waals surface area contributed by atoms with E-state index < -0.39 is 0 Å². The average molecular weight is 246 g/mol. The number of rotatable bonds is 2. The van der Waals surface area contributed by atoms with Crippen LogP contribution < -0.4 is 5.32 Å². The molecule has 2 rings (SSSR count). The van der Waals surface area contributed by atoms with Gasteiger partial charge in [0.2, 0.25) is 11.8 Å².